The molecule has 1 aliphatic rings. The largest absolute Gasteiger partial charge is 0.481 e. The Morgan fingerprint density at radius 1 is 1.38 bits per heavy atom. The summed E-state index contributed by atoms with van der Waals surface area (Å²) < 4.78 is 0. The fourth-order valence-electron chi connectivity index (χ4n) is 2.96. The van der Waals surface area contributed by atoms with Crippen LogP contribution < -0.4 is 5.32 Å². The number of carboxylic acid groups (broad SMARTS) is 1. The van der Waals surface area contributed by atoms with Crippen LogP contribution in [0.1, 0.15) is 53.4 Å². The van der Waals surface area contributed by atoms with E-state index in [1.807, 2.05) is 20.8 Å². The SMILES string of the molecule is CC(CC(=O)N(CCC(=O)O)C(C)(C)C)C1CCCNC1. The van der Waals surface area contributed by atoms with Crippen LogP contribution in [0.25, 0.3) is 0 Å². The van der Waals surface area contributed by atoms with Crippen molar-refractivity contribution in [3.8, 4) is 0 Å². The topological polar surface area (TPSA) is 69.6 Å². The van der Waals surface area contributed by atoms with E-state index in [0.29, 0.717) is 18.3 Å². The fourth-order valence-corrected chi connectivity index (χ4v) is 2.96. The van der Waals surface area contributed by atoms with Gasteiger partial charge in [0.25, 0.3) is 0 Å². The molecule has 0 aliphatic carbocycles. The van der Waals surface area contributed by atoms with Crippen molar-refractivity contribution in [2.45, 2.75) is 58.9 Å². The van der Waals surface area contributed by atoms with Gasteiger partial charge in [-0.05, 0) is 58.5 Å². The Labute approximate surface area is 128 Å². The van der Waals surface area contributed by atoms with Crippen molar-refractivity contribution < 1.29 is 14.7 Å². The highest BCUT2D eigenvalue weighted by Crippen LogP contribution is 2.25. The van der Waals surface area contributed by atoms with E-state index in [4.69, 9.17) is 5.11 Å². The molecule has 0 aromatic heterocycles. The van der Waals surface area contributed by atoms with Gasteiger partial charge in [0, 0.05) is 18.5 Å². The maximum absolute atomic E-state index is 12.6. The number of hydrogen-bond acceptors (Lipinski definition) is 3. The highest BCUT2D eigenvalue weighted by Gasteiger charge is 2.29. The lowest BCUT2D eigenvalue weighted by molar-refractivity contribution is -0.141. The van der Waals surface area contributed by atoms with Crippen LogP contribution in [0.4, 0.5) is 0 Å². The third kappa shape index (κ3) is 6.04. The predicted octanol–water partition coefficient (Wildman–Crippen LogP) is 2.11. The number of piperidine rings is 1. The lowest BCUT2D eigenvalue weighted by Gasteiger charge is -2.37. The van der Waals surface area contributed by atoms with Crippen molar-refractivity contribution in [3.63, 3.8) is 0 Å². The number of nitrogens with zero attached hydrogens (tertiary/aromatic N) is 1. The number of rotatable bonds is 6. The molecule has 1 amide bonds. The molecule has 1 rings (SSSR count). The molecule has 2 atom stereocenters. The summed E-state index contributed by atoms with van der Waals surface area (Å²) in [5.74, 6) is 0.0902. The molecule has 0 aromatic carbocycles. The summed E-state index contributed by atoms with van der Waals surface area (Å²) in [6.07, 6.45) is 2.85. The van der Waals surface area contributed by atoms with Crippen molar-refractivity contribution in [2.24, 2.45) is 11.8 Å². The molecule has 2 N–H and O–H groups in total. The van der Waals surface area contributed by atoms with Gasteiger partial charge in [0.05, 0.1) is 6.42 Å². The van der Waals surface area contributed by atoms with Crippen molar-refractivity contribution in [2.75, 3.05) is 19.6 Å². The lowest BCUT2D eigenvalue weighted by Crippen LogP contribution is -2.47. The van der Waals surface area contributed by atoms with Gasteiger partial charge in [0.2, 0.25) is 5.91 Å². The first kappa shape index (κ1) is 18.0. The zero-order chi connectivity index (χ0) is 16.0. The molecular formula is C16H30N2O3. The standard InChI is InChI=1S/C16H30N2O3/c1-12(13-6-5-8-17-11-13)10-14(19)18(16(2,3)4)9-7-15(20)21/h12-13,17H,5-11H2,1-4H3,(H,20,21). The number of hydrogen-bond donors (Lipinski definition) is 2. The van der Waals surface area contributed by atoms with Gasteiger partial charge in [0.15, 0.2) is 0 Å². The summed E-state index contributed by atoms with van der Waals surface area (Å²) in [7, 11) is 0. The maximum Gasteiger partial charge on any atom is 0.305 e. The molecule has 0 spiro atoms. The molecule has 0 aromatic rings. The third-order valence-electron chi connectivity index (χ3n) is 4.30. The van der Waals surface area contributed by atoms with E-state index >= 15 is 0 Å². The van der Waals surface area contributed by atoms with Crippen molar-refractivity contribution in [1.29, 1.82) is 0 Å². The summed E-state index contributed by atoms with van der Waals surface area (Å²) >= 11 is 0. The molecule has 0 saturated carbocycles. The quantitative estimate of drug-likeness (QED) is 0.788. The summed E-state index contributed by atoms with van der Waals surface area (Å²) in [6.45, 7) is 10.3. The Morgan fingerprint density at radius 3 is 2.52 bits per heavy atom. The minimum Gasteiger partial charge on any atom is -0.481 e. The van der Waals surface area contributed by atoms with E-state index in [2.05, 4.69) is 12.2 Å². The van der Waals surface area contributed by atoms with Gasteiger partial charge in [-0.25, -0.2) is 0 Å². The predicted molar refractivity (Wildman–Crippen MR) is 83.1 cm³/mol. The van der Waals surface area contributed by atoms with Crippen molar-refractivity contribution in [1.82, 2.24) is 10.2 Å². The van der Waals surface area contributed by atoms with Crippen LogP contribution >= 0.6 is 0 Å². The number of aliphatic carboxylic acids is 1. The molecular weight excluding hydrogens is 268 g/mol. The highest BCUT2D eigenvalue weighted by atomic mass is 16.4. The van der Waals surface area contributed by atoms with Crippen LogP contribution in [0.15, 0.2) is 0 Å². The molecule has 0 radical (unpaired) electrons. The van der Waals surface area contributed by atoms with Crippen LogP contribution in [0.2, 0.25) is 0 Å². The minimum atomic E-state index is -0.860. The van der Waals surface area contributed by atoms with Crippen molar-refractivity contribution >= 4 is 11.9 Å². The van der Waals surface area contributed by atoms with Crippen LogP contribution in [0.5, 0.6) is 0 Å². The van der Waals surface area contributed by atoms with E-state index in [0.717, 1.165) is 13.1 Å². The van der Waals surface area contributed by atoms with Crippen LogP contribution in [-0.2, 0) is 9.59 Å². The average Bonchev–Trinajstić information content (AvgIpc) is 2.37. The zero-order valence-corrected chi connectivity index (χ0v) is 13.8. The minimum absolute atomic E-state index is 0.00236. The van der Waals surface area contributed by atoms with Crippen LogP contribution in [-0.4, -0.2) is 47.1 Å². The second kappa shape index (κ2) is 7.78. The summed E-state index contributed by atoms with van der Waals surface area (Å²) in [4.78, 5) is 25.1. The van der Waals surface area contributed by atoms with Gasteiger partial charge >= 0.3 is 5.97 Å². The van der Waals surface area contributed by atoms with Crippen molar-refractivity contribution in [3.05, 3.63) is 0 Å². The van der Waals surface area contributed by atoms with Gasteiger partial charge < -0.3 is 15.3 Å². The van der Waals surface area contributed by atoms with E-state index in [9.17, 15) is 9.59 Å². The van der Waals surface area contributed by atoms with Gasteiger partial charge in [-0.3, -0.25) is 9.59 Å². The molecule has 1 aliphatic heterocycles. The zero-order valence-electron chi connectivity index (χ0n) is 13.8. The number of carbonyl (C=O) groups is 2. The number of nitrogens with one attached hydrogen (secondary N) is 1. The van der Waals surface area contributed by atoms with Gasteiger partial charge in [-0.2, -0.15) is 0 Å². The molecule has 1 fully saturated rings. The Balaban J connectivity index is 2.60. The first-order valence-corrected chi connectivity index (χ1v) is 7.94. The average molecular weight is 298 g/mol. The normalized spacial score (nSPS) is 20.9. The highest BCUT2D eigenvalue weighted by molar-refractivity contribution is 5.78. The monoisotopic (exact) mass is 298 g/mol. The Morgan fingerprint density at radius 2 is 2.05 bits per heavy atom. The number of carbonyl (C=O) groups excluding carboxylic acids is 1. The van der Waals surface area contributed by atoms with Gasteiger partial charge in [0.1, 0.15) is 0 Å². The Kier molecular flexibility index (Phi) is 6.65. The first-order valence-electron chi connectivity index (χ1n) is 7.94. The van der Waals surface area contributed by atoms with E-state index in [1.165, 1.54) is 12.8 Å². The second-order valence-electron chi connectivity index (χ2n) is 7.15. The van der Waals surface area contributed by atoms with Crippen LogP contribution in [0.3, 0.4) is 0 Å². The van der Waals surface area contributed by atoms with E-state index in [-0.39, 0.29) is 24.4 Å². The molecule has 2 unspecified atom stereocenters. The first-order chi connectivity index (χ1) is 9.71. The fraction of sp³-hybridized carbons (Fsp3) is 0.875. The van der Waals surface area contributed by atoms with Gasteiger partial charge in [-0.15, -0.1) is 0 Å². The van der Waals surface area contributed by atoms with E-state index in [1.54, 1.807) is 4.90 Å². The smallest absolute Gasteiger partial charge is 0.305 e. The molecule has 1 heterocycles. The molecule has 0 bridgehead atoms. The Hall–Kier alpha value is -1.10. The number of amides is 1. The molecule has 122 valence electrons. The Bertz CT molecular complexity index is 357. The second-order valence-corrected chi connectivity index (χ2v) is 7.15. The van der Waals surface area contributed by atoms with Gasteiger partial charge in [-0.1, -0.05) is 6.92 Å². The molecule has 21 heavy (non-hydrogen) atoms. The summed E-state index contributed by atoms with van der Waals surface area (Å²) in [6, 6.07) is 0. The summed E-state index contributed by atoms with van der Waals surface area (Å²) in [5, 5.41) is 12.2. The van der Waals surface area contributed by atoms with E-state index < -0.39 is 5.97 Å². The number of carboxylic acids is 1. The van der Waals surface area contributed by atoms with Crippen LogP contribution in [0, 0.1) is 11.8 Å². The molecule has 1 saturated heterocycles. The lowest BCUT2D eigenvalue weighted by atomic mass is 9.85. The maximum atomic E-state index is 12.6. The third-order valence-corrected chi connectivity index (χ3v) is 4.30. The molecule has 5 heteroatoms. The molecule has 5 nitrogen and oxygen atoms in total. The summed E-state index contributed by atoms with van der Waals surface area (Å²) in [5.41, 5.74) is -0.336.